The van der Waals surface area contributed by atoms with Gasteiger partial charge in [0, 0.05) is 12.7 Å². The van der Waals surface area contributed by atoms with Crippen LogP contribution in [0.4, 0.5) is 5.69 Å². The minimum atomic E-state index is 0.509. The van der Waals surface area contributed by atoms with Gasteiger partial charge in [0.05, 0.1) is 19.4 Å². The molecule has 0 saturated heterocycles. The van der Waals surface area contributed by atoms with Gasteiger partial charge in [-0.1, -0.05) is 13.8 Å². The molecular weight excluding hydrogens is 230 g/mol. The Hall–Kier alpha value is -1.42. The SMILES string of the molecule is COc1ccc(OCCOCCC(C)C)c(N)c1. The van der Waals surface area contributed by atoms with Crippen LogP contribution in [0, 0.1) is 5.92 Å². The molecule has 4 nitrogen and oxygen atoms in total. The molecule has 0 aliphatic rings. The van der Waals surface area contributed by atoms with Crippen LogP contribution in [0.1, 0.15) is 20.3 Å². The van der Waals surface area contributed by atoms with Crippen molar-refractivity contribution in [3.63, 3.8) is 0 Å². The number of methoxy groups -OCH3 is 1. The fourth-order valence-electron chi connectivity index (χ4n) is 1.42. The third-order valence-electron chi connectivity index (χ3n) is 2.54. The lowest BCUT2D eigenvalue weighted by Crippen LogP contribution is -2.09. The summed E-state index contributed by atoms with van der Waals surface area (Å²) in [7, 11) is 1.61. The molecule has 0 spiro atoms. The molecule has 1 rings (SSSR count). The molecule has 18 heavy (non-hydrogen) atoms. The first-order valence-electron chi connectivity index (χ1n) is 6.27. The average molecular weight is 253 g/mol. The maximum atomic E-state index is 5.83. The summed E-state index contributed by atoms with van der Waals surface area (Å²) >= 11 is 0. The van der Waals surface area contributed by atoms with Crippen LogP contribution in [0.2, 0.25) is 0 Å². The number of hydrogen-bond acceptors (Lipinski definition) is 4. The molecule has 0 unspecified atom stereocenters. The maximum absolute atomic E-state index is 5.83. The van der Waals surface area contributed by atoms with Crippen LogP contribution < -0.4 is 15.2 Å². The number of ether oxygens (including phenoxy) is 3. The van der Waals surface area contributed by atoms with E-state index in [2.05, 4.69) is 13.8 Å². The second kappa shape index (κ2) is 7.82. The van der Waals surface area contributed by atoms with E-state index in [-0.39, 0.29) is 0 Å². The molecular formula is C14H23NO3. The topological polar surface area (TPSA) is 53.7 Å². The van der Waals surface area contributed by atoms with Crippen molar-refractivity contribution in [3.05, 3.63) is 18.2 Å². The van der Waals surface area contributed by atoms with Crippen molar-refractivity contribution in [1.29, 1.82) is 0 Å². The first kappa shape index (κ1) is 14.6. The molecule has 0 fully saturated rings. The Morgan fingerprint density at radius 1 is 1.17 bits per heavy atom. The number of nitrogen functional groups attached to an aromatic ring is 1. The average Bonchev–Trinajstić information content (AvgIpc) is 2.34. The highest BCUT2D eigenvalue weighted by Gasteiger charge is 2.02. The second-order valence-corrected chi connectivity index (χ2v) is 4.55. The lowest BCUT2D eigenvalue weighted by Gasteiger charge is -2.11. The van der Waals surface area contributed by atoms with Crippen molar-refractivity contribution in [3.8, 4) is 11.5 Å². The van der Waals surface area contributed by atoms with Crippen molar-refractivity contribution in [2.45, 2.75) is 20.3 Å². The Kier molecular flexibility index (Phi) is 6.36. The highest BCUT2D eigenvalue weighted by molar-refractivity contribution is 5.56. The van der Waals surface area contributed by atoms with Gasteiger partial charge >= 0.3 is 0 Å². The normalized spacial score (nSPS) is 10.7. The van der Waals surface area contributed by atoms with Gasteiger partial charge in [0.15, 0.2) is 0 Å². The van der Waals surface area contributed by atoms with Crippen molar-refractivity contribution in [1.82, 2.24) is 0 Å². The summed E-state index contributed by atoms with van der Waals surface area (Å²) in [5.74, 6) is 2.07. The number of nitrogens with two attached hydrogens (primary N) is 1. The molecule has 102 valence electrons. The summed E-state index contributed by atoms with van der Waals surface area (Å²) in [5.41, 5.74) is 6.41. The van der Waals surface area contributed by atoms with Crippen LogP contribution in [-0.4, -0.2) is 26.9 Å². The van der Waals surface area contributed by atoms with Crippen LogP contribution in [0.15, 0.2) is 18.2 Å². The molecule has 0 aromatic heterocycles. The van der Waals surface area contributed by atoms with Gasteiger partial charge in [-0.05, 0) is 24.5 Å². The van der Waals surface area contributed by atoms with Crippen LogP contribution >= 0.6 is 0 Å². The van der Waals surface area contributed by atoms with Crippen molar-refractivity contribution in [2.24, 2.45) is 5.92 Å². The third-order valence-corrected chi connectivity index (χ3v) is 2.54. The standard InChI is InChI=1S/C14H23NO3/c1-11(2)6-7-17-8-9-18-14-5-4-12(16-3)10-13(14)15/h4-5,10-11H,6-9,15H2,1-3H3. The molecule has 0 aliphatic carbocycles. The van der Waals surface area contributed by atoms with E-state index in [1.807, 2.05) is 12.1 Å². The minimum absolute atomic E-state index is 0.509. The fourth-order valence-corrected chi connectivity index (χ4v) is 1.42. The summed E-state index contributed by atoms with van der Waals surface area (Å²) in [6.45, 7) is 6.22. The van der Waals surface area contributed by atoms with Gasteiger partial charge in [0.25, 0.3) is 0 Å². The summed E-state index contributed by atoms with van der Waals surface area (Å²) in [5, 5.41) is 0. The number of anilines is 1. The molecule has 2 N–H and O–H groups in total. The predicted octanol–water partition coefficient (Wildman–Crippen LogP) is 2.72. The summed E-state index contributed by atoms with van der Waals surface area (Å²) in [6, 6.07) is 5.38. The first-order chi connectivity index (χ1) is 8.63. The first-order valence-corrected chi connectivity index (χ1v) is 6.27. The van der Waals surface area contributed by atoms with Gasteiger partial charge in [-0.2, -0.15) is 0 Å². The summed E-state index contributed by atoms with van der Waals surface area (Å²) in [4.78, 5) is 0. The Bertz CT molecular complexity index is 353. The van der Waals surface area contributed by atoms with E-state index in [1.165, 1.54) is 0 Å². The number of rotatable bonds is 8. The molecule has 1 aromatic rings. The monoisotopic (exact) mass is 253 g/mol. The zero-order valence-electron chi connectivity index (χ0n) is 11.4. The van der Waals surface area contributed by atoms with Crippen molar-refractivity contribution in [2.75, 3.05) is 32.7 Å². The van der Waals surface area contributed by atoms with E-state index in [9.17, 15) is 0 Å². The summed E-state index contributed by atoms with van der Waals surface area (Å²) < 4.78 is 16.1. The zero-order chi connectivity index (χ0) is 13.4. The molecule has 0 heterocycles. The smallest absolute Gasteiger partial charge is 0.142 e. The molecule has 0 radical (unpaired) electrons. The van der Waals surface area contributed by atoms with Crippen LogP contribution in [0.3, 0.4) is 0 Å². The van der Waals surface area contributed by atoms with Crippen LogP contribution in [0.5, 0.6) is 11.5 Å². The van der Waals surface area contributed by atoms with Crippen LogP contribution in [0.25, 0.3) is 0 Å². The Morgan fingerprint density at radius 3 is 2.56 bits per heavy atom. The number of hydrogen-bond donors (Lipinski definition) is 1. The van der Waals surface area contributed by atoms with E-state index < -0.39 is 0 Å². The van der Waals surface area contributed by atoms with Gasteiger partial charge in [-0.3, -0.25) is 0 Å². The maximum Gasteiger partial charge on any atom is 0.142 e. The highest BCUT2D eigenvalue weighted by atomic mass is 16.5. The Labute approximate surface area is 109 Å². The van der Waals surface area contributed by atoms with E-state index in [1.54, 1.807) is 13.2 Å². The summed E-state index contributed by atoms with van der Waals surface area (Å²) in [6.07, 6.45) is 1.07. The van der Waals surface area contributed by atoms with Crippen molar-refractivity contribution < 1.29 is 14.2 Å². The third kappa shape index (κ3) is 5.27. The molecule has 0 saturated carbocycles. The largest absolute Gasteiger partial charge is 0.497 e. The molecule has 4 heteroatoms. The Morgan fingerprint density at radius 2 is 1.94 bits per heavy atom. The zero-order valence-corrected chi connectivity index (χ0v) is 11.4. The quantitative estimate of drug-likeness (QED) is 0.571. The van der Waals surface area contributed by atoms with Gasteiger partial charge < -0.3 is 19.9 Å². The molecule has 0 atom stereocenters. The lowest BCUT2D eigenvalue weighted by atomic mass is 10.1. The van der Waals surface area contributed by atoms with Gasteiger partial charge in [0.2, 0.25) is 0 Å². The van der Waals surface area contributed by atoms with E-state index in [0.717, 1.165) is 18.8 Å². The Balaban J connectivity index is 2.23. The molecule has 0 amide bonds. The van der Waals surface area contributed by atoms with Gasteiger partial charge in [0.1, 0.15) is 18.1 Å². The van der Waals surface area contributed by atoms with Crippen molar-refractivity contribution >= 4 is 5.69 Å². The molecule has 0 bridgehead atoms. The van der Waals surface area contributed by atoms with E-state index in [0.29, 0.717) is 30.6 Å². The van der Waals surface area contributed by atoms with Gasteiger partial charge in [-0.15, -0.1) is 0 Å². The number of benzene rings is 1. The van der Waals surface area contributed by atoms with Gasteiger partial charge in [-0.25, -0.2) is 0 Å². The van der Waals surface area contributed by atoms with E-state index >= 15 is 0 Å². The predicted molar refractivity (Wildman–Crippen MR) is 73.2 cm³/mol. The minimum Gasteiger partial charge on any atom is -0.497 e. The molecule has 0 aliphatic heterocycles. The van der Waals surface area contributed by atoms with E-state index in [4.69, 9.17) is 19.9 Å². The molecule has 1 aromatic carbocycles. The fraction of sp³-hybridized carbons (Fsp3) is 0.571. The van der Waals surface area contributed by atoms with Crippen LogP contribution in [-0.2, 0) is 4.74 Å². The highest BCUT2D eigenvalue weighted by Crippen LogP contribution is 2.25. The lowest BCUT2D eigenvalue weighted by molar-refractivity contribution is 0.0928. The second-order valence-electron chi connectivity index (χ2n) is 4.55.